The highest BCUT2D eigenvalue weighted by atomic mass is 16.4. The zero-order chi connectivity index (χ0) is 13.1. The van der Waals surface area contributed by atoms with Crippen molar-refractivity contribution in [1.82, 2.24) is 5.32 Å². The molecule has 1 unspecified atom stereocenters. The van der Waals surface area contributed by atoms with Crippen molar-refractivity contribution < 1.29 is 14.6 Å². The number of rotatable bonds is 5. The molecule has 0 radical (unpaired) electrons. The van der Waals surface area contributed by atoms with Crippen LogP contribution in [0, 0.1) is 0 Å². The van der Waals surface area contributed by atoms with Gasteiger partial charge in [-0.1, -0.05) is 19.3 Å². The topological polar surface area (TPSA) is 65.6 Å². The molecule has 1 aliphatic carbocycles. The van der Waals surface area contributed by atoms with E-state index in [4.69, 9.17) is 4.42 Å². The van der Waals surface area contributed by atoms with Gasteiger partial charge in [0.05, 0.1) is 11.9 Å². The molecule has 4 heteroatoms. The van der Waals surface area contributed by atoms with E-state index in [9.17, 15) is 10.2 Å². The maximum absolute atomic E-state index is 10.3. The fourth-order valence-electron chi connectivity index (χ4n) is 2.60. The van der Waals surface area contributed by atoms with Gasteiger partial charge in [-0.2, -0.15) is 0 Å². The molecule has 4 nitrogen and oxygen atoms in total. The van der Waals surface area contributed by atoms with Gasteiger partial charge in [-0.15, -0.1) is 0 Å². The van der Waals surface area contributed by atoms with E-state index in [1.165, 1.54) is 6.42 Å². The van der Waals surface area contributed by atoms with Gasteiger partial charge in [0.15, 0.2) is 0 Å². The van der Waals surface area contributed by atoms with Crippen molar-refractivity contribution in [2.24, 2.45) is 0 Å². The number of furan rings is 1. The predicted molar refractivity (Wildman–Crippen MR) is 69.2 cm³/mol. The summed E-state index contributed by atoms with van der Waals surface area (Å²) in [5.74, 6) is 0.547. The Balaban J connectivity index is 1.81. The Hall–Kier alpha value is -0.840. The molecule has 2 rings (SSSR count). The van der Waals surface area contributed by atoms with Crippen LogP contribution in [0.15, 0.2) is 22.8 Å². The quantitative estimate of drug-likeness (QED) is 0.748. The van der Waals surface area contributed by atoms with Crippen LogP contribution in [-0.2, 0) is 5.60 Å². The smallest absolute Gasteiger partial charge is 0.136 e. The molecule has 3 N–H and O–H groups in total. The van der Waals surface area contributed by atoms with Gasteiger partial charge in [0, 0.05) is 13.1 Å². The van der Waals surface area contributed by atoms with Gasteiger partial charge < -0.3 is 19.9 Å². The van der Waals surface area contributed by atoms with Crippen LogP contribution in [0.4, 0.5) is 0 Å². The molecule has 1 fully saturated rings. The van der Waals surface area contributed by atoms with Crippen molar-refractivity contribution in [1.29, 1.82) is 0 Å². The van der Waals surface area contributed by atoms with E-state index >= 15 is 0 Å². The Morgan fingerprint density at radius 1 is 1.39 bits per heavy atom. The summed E-state index contributed by atoms with van der Waals surface area (Å²) < 4.78 is 5.21. The van der Waals surface area contributed by atoms with Crippen LogP contribution in [0.25, 0.3) is 0 Å². The van der Waals surface area contributed by atoms with E-state index < -0.39 is 11.2 Å². The fraction of sp³-hybridized carbons (Fsp3) is 0.714. The van der Waals surface area contributed by atoms with Crippen molar-refractivity contribution in [3.8, 4) is 0 Å². The molecule has 18 heavy (non-hydrogen) atoms. The van der Waals surface area contributed by atoms with Gasteiger partial charge >= 0.3 is 0 Å². The minimum Gasteiger partial charge on any atom is -0.466 e. The van der Waals surface area contributed by atoms with E-state index in [1.807, 2.05) is 0 Å². The summed E-state index contributed by atoms with van der Waals surface area (Å²) in [7, 11) is 0. The summed E-state index contributed by atoms with van der Waals surface area (Å²) in [4.78, 5) is 0. The SMILES string of the molecule is CC(O)(CNCC1(O)CCCCC1)c1ccco1. The van der Waals surface area contributed by atoms with E-state index in [2.05, 4.69) is 5.32 Å². The number of hydrogen-bond donors (Lipinski definition) is 3. The second-order valence-corrected chi connectivity index (χ2v) is 5.64. The maximum Gasteiger partial charge on any atom is 0.136 e. The third-order valence-electron chi connectivity index (χ3n) is 3.76. The lowest BCUT2D eigenvalue weighted by Gasteiger charge is -2.33. The summed E-state index contributed by atoms with van der Waals surface area (Å²) in [5, 5.41) is 23.7. The highest BCUT2D eigenvalue weighted by Gasteiger charge is 2.31. The summed E-state index contributed by atoms with van der Waals surface area (Å²) in [6.45, 7) is 2.62. The molecule has 0 saturated heterocycles. The van der Waals surface area contributed by atoms with E-state index in [1.54, 1.807) is 25.3 Å². The van der Waals surface area contributed by atoms with Crippen molar-refractivity contribution in [3.05, 3.63) is 24.2 Å². The Morgan fingerprint density at radius 2 is 2.11 bits per heavy atom. The summed E-state index contributed by atoms with van der Waals surface area (Å²) >= 11 is 0. The number of hydrogen-bond acceptors (Lipinski definition) is 4. The fourth-order valence-corrected chi connectivity index (χ4v) is 2.60. The standard InChI is InChI=1S/C14H23NO3/c1-13(16,12-6-5-9-18-12)10-15-11-14(17)7-3-2-4-8-14/h5-6,9,15-17H,2-4,7-8,10-11H2,1H3. The first kappa shape index (κ1) is 13.6. The normalized spacial score (nSPS) is 22.6. The average Bonchev–Trinajstić information content (AvgIpc) is 2.83. The Kier molecular flexibility index (Phi) is 4.10. The molecule has 1 saturated carbocycles. The number of nitrogens with one attached hydrogen (secondary N) is 1. The monoisotopic (exact) mass is 253 g/mol. The average molecular weight is 253 g/mol. The summed E-state index contributed by atoms with van der Waals surface area (Å²) in [5.41, 5.74) is -1.63. The molecule has 1 aliphatic rings. The summed E-state index contributed by atoms with van der Waals surface area (Å²) in [6.07, 6.45) is 6.65. The first-order chi connectivity index (χ1) is 8.52. The molecule has 0 bridgehead atoms. The van der Waals surface area contributed by atoms with Crippen molar-refractivity contribution in [2.75, 3.05) is 13.1 Å². The maximum atomic E-state index is 10.3. The van der Waals surface area contributed by atoms with Crippen LogP contribution in [0.2, 0.25) is 0 Å². The lowest BCUT2D eigenvalue weighted by molar-refractivity contribution is -0.00855. The van der Waals surface area contributed by atoms with Crippen LogP contribution in [0.1, 0.15) is 44.8 Å². The molecule has 1 aromatic rings. The van der Waals surface area contributed by atoms with Crippen LogP contribution < -0.4 is 5.32 Å². The first-order valence-corrected chi connectivity index (χ1v) is 6.71. The predicted octanol–water partition coefficient (Wildman–Crippen LogP) is 1.77. The van der Waals surface area contributed by atoms with E-state index in [-0.39, 0.29) is 0 Å². The van der Waals surface area contributed by atoms with Crippen LogP contribution in [-0.4, -0.2) is 28.9 Å². The molecular formula is C14H23NO3. The van der Waals surface area contributed by atoms with Gasteiger partial charge in [-0.3, -0.25) is 0 Å². The molecule has 1 aromatic heterocycles. The molecule has 0 spiro atoms. The van der Waals surface area contributed by atoms with Crippen molar-refractivity contribution >= 4 is 0 Å². The zero-order valence-corrected chi connectivity index (χ0v) is 11.0. The molecule has 102 valence electrons. The van der Waals surface area contributed by atoms with Gasteiger partial charge in [-0.05, 0) is 31.9 Å². The van der Waals surface area contributed by atoms with Gasteiger partial charge in [-0.25, -0.2) is 0 Å². The summed E-state index contributed by atoms with van der Waals surface area (Å²) in [6, 6.07) is 3.52. The Bertz CT molecular complexity index is 353. The van der Waals surface area contributed by atoms with Crippen LogP contribution in [0.5, 0.6) is 0 Å². The highest BCUT2D eigenvalue weighted by Crippen LogP contribution is 2.27. The highest BCUT2D eigenvalue weighted by molar-refractivity contribution is 5.08. The second kappa shape index (κ2) is 5.43. The third-order valence-corrected chi connectivity index (χ3v) is 3.76. The van der Waals surface area contributed by atoms with Crippen molar-refractivity contribution in [3.63, 3.8) is 0 Å². The molecular weight excluding hydrogens is 230 g/mol. The van der Waals surface area contributed by atoms with E-state index in [0.29, 0.717) is 18.8 Å². The van der Waals surface area contributed by atoms with Crippen LogP contribution >= 0.6 is 0 Å². The molecule has 0 aromatic carbocycles. The lowest BCUT2D eigenvalue weighted by atomic mass is 9.85. The lowest BCUT2D eigenvalue weighted by Crippen LogP contribution is -2.46. The molecule has 0 amide bonds. The minimum absolute atomic E-state index is 0.378. The van der Waals surface area contributed by atoms with Crippen LogP contribution in [0.3, 0.4) is 0 Å². The van der Waals surface area contributed by atoms with Gasteiger partial charge in [0.25, 0.3) is 0 Å². The van der Waals surface area contributed by atoms with Crippen molar-refractivity contribution in [2.45, 2.75) is 50.2 Å². The molecule has 1 heterocycles. The first-order valence-electron chi connectivity index (χ1n) is 6.71. The second-order valence-electron chi connectivity index (χ2n) is 5.64. The largest absolute Gasteiger partial charge is 0.466 e. The third kappa shape index (κ3) is 3.34. The molecule has 0 aliphatic heterocycles. The van der Waals surface area contributed by atoms with Gasteiger partial charge in [0.2, 0.25) is 0 Å². The minimum atomic E-state index is -1.03. The number of aliphatic hydroxyl groups is 2. The van der Waals surface area contributed by atoms with E-state index in [0.717, 1.165) is 25.7 Å². The Morgan fingerprint density at radius 3 is 2.72 bits per heavy atom. The Labute approximate surface area is 108 Å². The zero-order valence-electron chi connectivity index (χ0n) is 11.0. The molecule has 1 atom stereocenters. The van der Waals surface area contributed by atoms with Gasteiger partial charge in [0.1, 0.15) is 11.4 Å².